The van der Waals surface area contributed by atoms with Gasteiger partial charge in [-0.1, -0.05) is 34.8 Å². The van der Waals surface area contributed by atoms with Crippen molar-refractivity contribution in [2.75, 3.05) is 0 Å². The first-order chi connectivity index (χ1) is 13.9. The Kier molecular flexibility index (Phi) is 5.46. The van der Waals surface area contributed by atoms with Crippen LogP contribution < -0.4 is 0 Å². The Morgan fingerprint density at radius 3 is 1.38 bits per heavy atom. The largest absolute Gasteiger partial charge is 0.208 e. The van der Waals surface area contributed by atoms with Gasteiger partial charge in [-0.25, -0.2) is 23.7 Å². The van der Waals surface area contributed by atoms with Gasteiger partial charge in [0.1, 0.15) is 11.6 Å². The summed E-state index contributed by atoms with van der Waals surface area (Å²) in [6, 6.07) is 15.0. The van der Waals surface area contributed by atoms with E-state index in [4.69, 9.17) is 34.8 Å². The highest BCUT2D eigenvalue weighted by atomic mass is 35.5. The lowest BCUT2D eigenvalue weighted by Gasteiger charge is -2.10. The Bertz CT molecular complexity index is 1140. The molecule has 0 bridgehead atoms. The zero-order valence-corrected chi connectivity index (χ0v) is 16.8. The van der Waals surface area contributed by atoms with E-state index in [1.165, 1.54) is 24.3 Å². The van der Waals surface area contributed by atoms with E-state index in [0.29, 0.717) is 10.6 Å². The predicted molar refractivity (Wildman–Crippen MR) is 111 cm³/mol. The summed E-state index contributed by atoms with van der Waals surface area (Å²) in [5.41, 5.74) is 0.841. The minimum absolute atomic E-state index is 0.0449. The first-order valence-corrected chi connectivity index (χ1v) is 9.47. The quantitative estimate of drug-likeness (QED) is 0.335. The standard InChI is InChI=1S/C21H10Cl3F2N3/c22-12-3-1-11(2-4-12)19-27-20(15-7-5-13(23)9-17(15)25)29-21(28-19)16-8-6-14(24)10-18(16)26/h1-10H. The van der Waals surface area contributed by atoms with Crippen LogP contribution in [0.1, 0.15) is 0 Å². The molecule has 0 radical (unpaired) electrons. The summed E-state index contributed by atoms with van der Waals surface area (Å²) >= 11 is 17.6. The molecule has 1 heterocycles. The molecule has 4 rings (SSSR count). The number of nitrogens with zero attached hydrogens (tertiary/aromatic N) is 3. The van der Waals surface area contributed by atoms with Gasteiger partial charge in [-0.3, -0.25) is 0 Å². The van der Waals surface area contributed by atoms with E-state index in [1.807, 2.05) is 0 Å². The SMILES string of the molecule is Fc1cc(Cl)ccc1-c1nc(-c2ccc(Cl)cc2)nc(-c2ccc(Cl)cc2F)n1. The maximum absolute atomic E-state index is 14.5. The van der Waals surface area contributed by atoms with E-state index in [2.05, 4.69) is 15.0 Å². The lowest BCUT2D eigenvalue weighted by Crippen LogP contribution is -2.02. The molecular formula is C21H10Cl3F2N3. The van der Waals surface area contributed by atoms with Crippen LogP contribution in [-0.4, -0.2) is 15.0 Å². The maximum Gasteiger partial charge on any atom is 0.167 e. The zero-order chi connectivity index (χ0) is 20.5. The number of hydrogen-bond acceptors (Lipinski definition) is 3. The van der Waals surface area contributed by atoms with E-state index in [0.717, 1.165) is 12.1 Å². The fraction of sp³-hybridized carbons (Fsp3) is 0. The molecule has 3 aromatic carbocycles. The molecule has 0 fully saturated rings. The van der Waals surface area contributed by atoms with Crippen molar-refractivity contribution in [3.63, 3.8) is 0 Å². The molecule has 0 amide bonds. The van der Waals surface area contributed by atoms with E-state index < -0.39 is 11.6 Å². The van der Waals surface area contributed by atoms with Gasteiger partial charge in [0.15, 0.2) is 17.5 Å². The van der Waals surface area contributed by atoms with Crippen molar-refractivity contribution in [1.82, 2.24) is 15.0 Å². The van der Waals surface area contributed by atoms with Crippen LogP contribution in [0.4, 0.5) is 8.78 Å². The Morgan fingerprint density at radius 1 is 0.517 bits per heavy atom. The summed E-state index contributed by atoms with van der Waals surface area (Å²) in [7, 11) is 0. The summed E-state index contributed by atoms with van der Waals surface area (Å²) in [6.07, 6.45) is 0. The van der Waals surface area contributed by atoms with Gasteiger partial charge >= 0.3 is 0 Å². The predicted octanol–water partition coefficient (Wildman–Crippen LogP) is 7.11. The van der Waals surface area contributed by atoms with Crippen LogP contribution >= 0.6 is 34.8 Å². The van der Waals surface area contributed by atoms with Crippen LogP contribution in [0.3, 0.4) is 0 Å². The monoisotopic (exact) mass is 447 g/mol. The molecule has 0 spiro atoms. The Morgan fingerprint density at radius 2 is 0.931 bits per heavy atom. The summed E-state index contributed by atoms with van der Waals surface area (Å²) in [4.78, 5) is 13.0. The third-order valence-corrected chi connectivity index (χ3v) is 4.80. The molecule has 4 aromatic rings. The lowest BCUT2D eigenvalue weighted by atomic mass is 10.1. The molecule has 0 unspecified atom stereocenters. The molecule has 0 saturated heterocycles. The smallest absolute Gasteiger partial charge is 0.167 e. The molecule has 0 aliphatic carbocycles. The second kappa shape index (κ2) is 8.03. The van der Waals surface area contributed by atoms with Crippen molar-refractivity contribution in [2.45, 2.75) is 0 Å². The number of hydrogen-bond donors (Lipinski definition) is 0. The van der Waals surface area contributed by atoms with Crippen molar-refractivity contribution >= 4 is 34.8 Å². The van der Waals surface area contributed by atoms with Crippen molar-refractivity contribution in [2.24, 2.45) is 0 Å². The van der Waals surface area contributed by atoms with Crippen LogP contribution in [0.25, 0.3) is 34.2 Å². The molecule has 29 heavy (non-hydrogen) atoms. The average Bonchev–Trinajstić information content (AvgIpc) is 2.68. The van der Waals surface area contributed by atoms with Crippen molar-refractivity contribution in [3.8, 4) is 34.2 Å². The van der Waals surface area contributed by atoms with Crippen LogP contribution in [0.5, 0.6) is 0 Å². The number of rotatable bonds is 3. The minimum Gasteiger partial charge on any atom is -0.208 e. The van der Waals surface area contributed by atoms with Crippen molar-refractivity contribution < 1.29 is 8.78 Å². The van der Waals surface area contributed by atoms with Crippen LogP contribution in [0, 0.1) is 11.6 Å². The number of halogens is 5. The second-order valence-electron chi connectivity index (χ2n) is 6.06. The normalized spacial score (nSPS) is 10.9. The van der Waals surface area contributed by atoms with E-state index in [-0.39, 0.29) is 38.6 Å². The first kappa shape index (κ1) is 19.7. The molecule has 0 saturated carbocycles. The van der Waals surface area contributed by atoms with E-state index in [9.17, 15) is 8.78 Å². The first-order valence-electron chi connectivity index (χ1n) is 8.33. The Balaban J connectivity index is 1.95. The number of aromatic nitrogens is 3. The Labute approximate surface area is 180 Å². The van der Waals surface area contributed by atoms with Gasteiger partial charge in [-0.05, 0) is 60.7 Å². The van der Waals surface area contributed by atoms with Gasteiger partial charge < -0.3 is 0 Å². The summed E-state index contributed by atoms with van der Waals surface area (Å²) in [5, 5.41) is 1.01. The highest BCUT2D eigenvalue weighted by Crippen LogP contribution is 2.29. The average molecular weight is 449 g/mol. The van der Waals surface area contributed by atoms with Crippen molar-refractivity contribution in [1.29, 1.82) is 0 Å². The Hall–Kier alpha value is -2.60. The fourth-order valence-electron chi connectivity index (χ4n) is 2.69. The topological polar surface area (TPSA) is 38.7 Å². The second-order valence-corrected chi connectivity index (χ2v) is 7.37. The third-order valence-electron chi connectivity index (χ3n) is 4.08. The molecule has 0 aliphatic rings. The molecule has 1 aromatic heterocycles. The third kappa shape index (κ3) is 4.22. The fourth-order valence-corrected chi connectivity index (χ4v) is 3.13. The van der Waals surface area contributed by atoms with Gasteiger partial charge in [0.2, 0.25) is 0 Å². The van der Waals surface area contributed by atoms with Gasteiger partial charge in [-0.15, -0.1) is 0 Å². The molecule has 144 valence electrons. The van der Waals surface area contributed by atoms with Gasteiger partial charge in [0.05, 0.1) is 11.1 Å². The summed E-state index contributed by atoms with van der Waals surface area (Å²) in [6.45, 7) is 0. The van der Waals surface area contributed by atoms with Gasteiger partial charge in [-0.2, -0.15) is 0 Å². The molecule has 8 heteroatoms. The van der Waals surface area contributed by atoms with Crippen LogP contribution in [0.15, 0.2) is 60.7 Å². The molecule has 0 N–H and O–H groups in total. The van der Waals surface area contributed by atoms with Crippen LogP contribution in [0.2, 0.25) is 15.1 Å². The lowest BCUT2D eigenvalue weighted by molar-refractivity contribution is 0.628. The van der Waals surface area contributed by atoms with Gasteiger partial charge in [0, 0.05) is 20.6 Å². The molecule has 0 atom stereocenters. The molecule has 3 nitrogen and oxygen atoms in total. The summed E-state index contributed by atoms with van der Waals surface area (Å²) < 4.78 is 29.0. The zero-order valence-electron chi connectivity index (χ0n) is 14.5. The minimum atomic E-state index is -0.603. The van der Waals surface area contributed by atoms with Crippen LogP contribution in [-0.2, 0) is 0 Å². The molecule has 0 aliphatic heterocycles. The van der Waals surface area contributed by atoms with E-state index >= 15 is 0 Å². The van der Waals surface area contributed by atoms with E-state index in [1.54, 1.807) is 24.3 Å². The maximum atomic E-state index is 14.5. The van der Waals surface area contributed by atoms with Crippen molar-refractivity contribution in [3.05, 3.63) is 87.4 Å². The molecular weight excluding hydrogens is 439 g/mol. The van der Waals surface area contributed by atoms with Gasteiger partial charge in [0.25, 0.3) is 0 Å². The highest BCUT2D eigenvalue weighted by Gasteiger charge is 2.17. The summed E-state index contributed by atoms with van der Waals surface area (Å²) in [5.74, 6) is -0.876. The highest BCUT2D eigenvalue weighted by molar-refractivity contribution is 6.31. The number of benzene rings is 3.